The fourth-order valence-electron chi connectivity index (χ4n) is 1.39. The lowest BCUT2D eigenvalue weighted by Crippen LogP contribution is -2.34. The van der Waals surface area contributed by atoms with Gasteiger partial charge in [-0.05, 0) is 59.7 Å². The van der Waals surface area contributed by atoms with Crippen molar-refractivity contribution in [1.82, 2.24) is 0 Å². The average molecular weight is 306 g/mol. The molecular weight excluding hydrogens is 291 g/mol. The van der Waals surface area contributed by atoms with Gasteiger partial charge in [-0.15, -0.1) is 0 Å². The van der Waals surface area contributed by atoms with E-state index in [1.165, 1.54) is 0 Å². The Bertz CT molecular complexity index is 326. The summed E-state index contributed by atoms with van der Waals surface area (Å²) >= 11 is 2.22. The molecular formula is C10H15IN2O. The first kappa shape index (κ1) is 11.7. The quantitative estimate of drug-likeness (QED) is 0.584. The summed E-state index contributed by atoms with van der Waals surface area (Å²) in [5.41, 5.74) is 12.9. The second-order valence-corrected chi connectivity index (χ2v) is 4.87. The third-order valence-electron chi connectivity index (χ3n) is 2.26. The lowest BCUT2D eigenvalue weighted by Gasteiger charge is -2.26. The van der Waals surface area contributed by atoms with Gasteiger partial charge in [0.1, 0.15) is 0 Å². The summed E-state index contributed by atoms with van der Waals surface area (Å²) in [5, 5.41) is 8.90. The molecule has 0 aliphatic rings. The molecule has 0 spiro atoms. The van der Waals surface area contributed by atoms with Crippen LogP contribution in [0.2, 0.25) is 0 Å². The highest BCUT2D eigenvalue weighted by molar-refractivity contribution is 14.1. The van der Waals surface area contributed by atoms with Crippen LogP contribution in [0.15, 0.2) is 18.2 Å². The molecule has 4 heteroatoms. The number of halogens is 1. The maximum absolute atomic E-state index is 8.90. The summed E-state index contributed by atoms with van der Waals surface area (Å²) < 4.78 is 1.10. The third-order valence-corrected chi connectivity index (χ3v) is 2.93. The number of benzene rings is 1. The zero-order chi connectivity index (χ0) is 10.8. The van der Waals surface area contributed by atoms with E-state index in [4.69, 9.17) is 16.6 Å². The topological polar surface area (TPSA) is 72.3 Å². The molecule has 1 rings (SSSR count). The fraction of sp³-hybridized carbons (Fsp3) is 0.400. The summed E-state index contributed by atoms with van der Waals surface area (Å²) in [6.07, 6.45) is 0.511. The Morgan fingerprint density at radius 1 is 1.50 bits per heavy atom. The molecule has 0 aliphatic carbocycles. The Hall–Kier alpha value is -0.330. The van der Waals surface area contributed by atoms with E-state index in [0.29, 0.717) is 12.1 Å². The summed E-state index contributed by atoms with van der Waals surface area (Å²) in [7, 11) is 0. The van der Waals surface area contributed by atoms with Crippen molar-refractivity contribution in [2.45, 2.75) is 18.9 Å². The number of aliphatic hydroxyl groups is 1. The SMILES string of the molecule is C[C@](N)(CCO)c1cc(I)ccc1N. The van der Waals surface area contributed by atoms with Gasteiger partial charge in [-0.3, -0.25) is 0 Å². The maximum Gasteiger partial charge on any atom is 0.0451 e. The van der Waals surface area contributed by atoms with Crippen molar-refractivity contribution in [3.05, 3.63) is 27.3 Å². The second-order valence-electron chi connectivity index (χ2n) is 3.62. The molecule has 78 valence electrons. The lowest BCUT2D eigenvalue weighted by atomic mass is 9.89. The van der Waals surface area contributed by atoms with E-state index < -0.39 is 5.54 Å². The molecule has 0 aliphatic heterocycles. The van der Waals surface area contributed by atoms with Gasteiger partial charge in [0, 0.05) is 21.4 Å². The highest BCUT2D eigenvalue weighted by Gasteiger charge is 2.22. The van der Waals surface area contributed by atoms with Crippen molar-refractivity contribution >= 4 is 28.3 Å². The van der Waals surface area contributed by atoms with Gasteiger partial charge in [-0.1, -0.05) is 0 Å². The van der Waals surface area contributed by atoms with Crippen molar-refractivity contribution in [3.63, 3.8) is 0 Å². The van der Waals surface area contributed by atoms with E-state index in [2.05, 4.69) is 22.6 Å². The van der Waals surface area contributed by atoms with Crippen LogP contribution in [0.25, 0.3) is 0 Å². The Balaban J connectivity index is 3.10. The van der Waals surface area contributed by atoms with Crippen LogP contribution in [0, 0.1) is 3.57 Å². The van der Waals surface area contributed by atoms with Crippen LogP contribution < -0.4 is 11.5 Å². The number of nitrogens with two attached hydrogens (primary N) is 2. The van der Waals surface area contributed by atoms with Crippen molar-refractivity contribution in [2.24, 2.45) is 5.73 Å². The van der Waals surface area contributed by atoms with Crippen LogP contribution in [-0.4, -0.2) is 11.7 Å². The predicted molar refractivity (Wildman–Crippen MR) is 66.8 cm³/mol. The molecule has 0 amide bonds. The minimum Gasteiger partial charge on any atom is -0.398 e. The van der Waals surface area contributed by atoms with Crippen molar-refractivity contribution < 1.29 is 5.11 Å². The molecule has 14 heavy (non-hydrogen) atoms. The van der Waals surface area contributed by atoms with E-state index in [1.54, 1.807) is 0 Å². The number of hydrogen-bond donors (Lipinski definition) is 3. The van der Waals surface area contributed by atoms with Crippen molar-refractivity contribution in [3.8, 4) is 0 Å². The van der Waals surface area contributed by atoms with Gasteiger partial charge in [-0.25, -0.2) is 0 Å². The number of anilines is 1. The minimum absolute atomic E-state index is 0.0674. The van der Waals surface area contributed by atoms with Gasteiger partial charge in [0.15, 0.2) is 0 Å². The lowest BCUT2D eigenvalue weighted by molar-refractivity contribution is 0.247. The Kier molecular flexibility index (Phi) is 3.74. The number of aliphatic hydroxyl groups excluding tert-OH is 1. The first-order valence-electron chi connectivity index (χ1n) is 4.42. The van der Waals surface area contributed by atoms with Gasteiger partial charge in [0.2, 0.25) is 0 Å². The van der Waals surface area contributed by atoms with E-state index in [-0.39, 0.29) is 6.61 Å². The van der Waals surface area contributed by atoms with Crippen LogP contribution in [0.4, 0.5) is 5.69 Å². The highest BCUT2D eigenvalue weighted by Crippen LogP contribution is 2.28. The largest absolute Gasteiger partial charge is 0.398 e. The van der Waals surface area contributed by atoms with Gasteiger partial charge >= 0.3 is 0 Å². The van der Waals surface area contributed by atoms with Crippen LogP contribution >= 0.6 is 22.6 Å². The first-order chi connectivity index (χ1) is 6.47. The Morgan fingerprint density at radius 3 is 2.71 bits per heavy atom. The Morgan fingerprint density at radius 2 is 2.14 bits per heavy atom. The zero-order valence-corrected chi connectivity index (χ0v) is 10.3. The average Bonchev–Trinajstić information content (AvgIpc) is 2.09. The molecule has 0 saturated heterocycles. The van der Waals surface area contributed by atoms with Gasteiger partial charge in [0.25, 0.3) is 0 Å². The molecule has 5 N–H and O–H groups in total. The molecule has 3 nitrogen and oxygen atoms in total. The minimum atomic E-state index is -0.556. The van der Waals surface area contributed by atoms with E-state index in [0.717, 1.165) is 9.13 Å². The van der Waals surface area contributed by atoms with E-state index >= 15 is 0 Å². The monoisotopic (exact) mass is 306 g/mol. The van der Waals surface area contributed by atoms with Gasteiger partial charge in [0.05, 0.1) is 0 Å². The van der Waals surface area contributed by atoms with Gasteiger partial charge in [-0.2, -0.15) is 0 Å². The van der Waals surface area contributed by atoms with Crippen molar-refractivity contribution in [2.75, 3.05) is 12.3 Å². The van der Waals surface area contributed by atoms with E-state index in [1.807, 2.05) is 25.1 Å². The third kappa shape index (κ3) is 2.59. The maximum atomic E-state index is 8.90. The van der Waals surface area contributed by atoms with Crippen LogP contribution in [-0.2, 0) is 5.54 Å². The number of hydrogen-bond acceptors (Lipinski definition) is 3. The molecule has 0 fully saturated rings. The highest BCUT2D eigenvalue weighted by atomic mass is 127. The molecule has 0 heterocycles. The summed E-state index contributed by atoms with van der Waals surface area (Å²) in [4.78, 5) is 0. The summed E-state index contributed by atoms with van der Waals surface area (Å²) in [6.45, 7) is 1.95. The second kappa shape index (κ2) is 4.46. The fourth-order valence-corrected chi connectivity index (χ4v) is 1.88. The number of rotatable bonds is 3. The van der Waals surface area contributed by atoms with Crippen LogP contribution in [0.3, 0.4) is 0 Å². The molecule has 0 unspecified atom stereocenters. The van der Waals surface area contributed by atoms with E-state index in [9.17, 15) is 0 Å². The van der Waals surface area contributed by atoms with Crippen LogP contribution in [0.1, 0.15) is 18.9 Å². The van der Waals surface area contributed by atoms with Crippen molar-refractivity contribution in [1.29, 1.82) is 0 Å². The zero-order valence-electron chi connectivity index (χ0n) is 8.13. The first-order valence-corrected chi connectivity index (χ1v) is 5.50. The Labute approximate surface area is 97.6 Å². The van der Waals surface area contributed by atoms with Gasteiger partial charge < -0.3 is 16.6 Å². The predicted octanol–water partition coefficient (Wildman–Crippen LogP) is 1.43. The standard InChI is InChI=1S/C10H15IN2O/c1-10(13,4-5-14)8-6-7(11)2-3-9(8)12/h2-3,6,14H,4-5,12-13H2,1H3/t10-/m0/s1. The normalized spacial score (nSPS) is 15.1. The molecule has 1 atom stereocenters. The molecule has 0 saturated carbocycles. The summed E-state index contributed by atoms with van der Waals surface area (Å²) in [5.74, 6) is 0. The van der Waals surface area contributed by atoms with Crippen LogP contribution in [0.5, 0.6) is 0 Å². The summed E-state index contributed by atoms with van der Waals surface area (Å²) in [6, 6.07) is 5.75. The molecule has 0 aromatic heterocycles. The molecule has 1 aromatic rings. The molecule has 1 aromatic carbocycles. The molecule has 0 radical (unpaired) electrons. The number of nitrogen functional groups attached to an aromatic ring is 1. The smallest absolute Gasteiger partial charge is 0.0451 e. The molecule has 0 bridgehead atoms.